The Kier molecular flexibility index (Phi) is 6.08. The zero-order chi connectivity index (χ0) is 17.0. The van der Waals surface area contributed by atoms with Gasteiger partial charge in [0.1, 0.15) is 0 Å². The fourth-order valence-electron chi connectivity index (χ4n) is 3.38. The van der Waals surface area contributed by atoms with Crippen molar-refractivity contribution in [2.45, 2.75) is 78.3 Å². The van der Waals surface area contributed by atoms with E-state index in [2.05, 4.69) is 42.8 Å². The lowest BCUT2D eigenvalue weighted by molar-refractivity contribution is -0.142. The van der Waals surface area contributed by atoms with Crippen LogP contribution in [0.5, 0.6) is 0 Å². The van der Waals surface area contributed by atoms with Crippen molar-refractivity contribution in [3.8, 4) is 0 Å². The highest BCUT2D eigenvalue weighted by molar-refractivity contribution is 5.70. The third-order valence-electron chi connectivity index (χ3n) is 4.78. The number of hydrogen-bond donors (Lipinski definition) is 2. The molecule has 1 heterocycles. The molecule has 1 aliphatic carbocycles. The summed E-state index contributed by atoms with van der Waals surface area (Å²) in [5.74, 6) is 0.281. The van der Waals surface area contributed by atoms with Crippen LogP contribution in [-0.2, 0) is 11.3 Å². The zero-order valence-corrected chi connectivity index (χ0v) is 14.9. The third kappa shape index (κ3) is 4.72. The summed E-state index contributed by atoms with van der Waals surface area (Å²) in [5.41, 5.74) is 2.40. The summed E-state index contributed by atoms with van der Waals surface area (Å²) in [6, 6.07) is 0.367. The van der Waals surface area contributed by atoms with Gasteiger partial charge in [-0.25, -0.2) is 0 Å². The Morgan fingerprint density at radius 2 is 1.96 bits per heavy atom. The van der Waals surface area contributed by atoms with Gasteiger partial charge in [0.25, 0.3) is 0 Å². The summed E-state index contributed by atoms with van der Waals surface area (Å²) in [4.78, 5) is 11.1. The molecule has 5 nitrogen and oxygen atoms in total. The molecular weight excluding hydrogens is 290 g/mol. The number of carbonyl (C=O) groups is 1. The number of aromatic nitrogens is 2. The molecule has 23 heavy (non-hydrogen) atoms. The smallest absolute Gasteiger partial charge is 0.306 e. The van der Waals surface area contributed by atoms with E-state index in [1.54, 1.807) is 0 Å². The Bertz CT molecular complexity index is 514. The highest BCUT2D eigenvalue weighted by atomic mass is 16.4. The highest BCUT2D eigenvalue weighted by Crippen LogP contribution is 2.30. The van der Waals surface area contributed by atoms with E-state index in [1.165, 1.54) is 5.69 Å². The van der Waals surface area contributed by atoms with Crippen LogP contribution in [0.25, 0.3) is 0 Å². The van der Waals surface area contributed by atoms with Crippen LogP contribution >= 0.6 is 0 Å². The van der Waals surface area contributed by atoms with E-state index in [4.69, 9.17) is 5.11 Å². The summed E-state index contributed by atoms with van der Waals surface area (Å²) < 4.78 is 2.13. The molecule has 2 rings (SSSR count). The van der Waals surface area contributed by atoms with E-state index < -0.39 is 5.97 Å². The van der Waals surface area contributed by atoms with Crippen molar-refractivity contribution in [3.63, 3.8) is 0 Å². The minimum atomic E-state index is -0.646. The average molecular weight is 321 g/mol. The molecule has 1 aromatic heterocycles. The molecule has 0 spiro atoms. The molecule has 0 bridgehead atoms. The summed E-state index contributed by atoms with van der Waals surface area (Å²) in [7, 11) is 0. The first-order chi connectivity index (χ1) is 10.9. The van der Waals surface area contributed by atoms with Gasteiger partial charge in [0.05, 0.1) is 23.5 Å². The van der Waals surface area contributed by atoms with Gasteiger partial charge in [-0.2, -0.15) is 5.10 Å². The lowest BCUT2D eigenvalue weighted by atomic mass is 9.86. The van der Waals surface area contributed by atoms with Gasteiger partial charge in [0.15, 0.2) is 0 Å². The maximum atomic E-state index is 11.1. The van der Waals surface area contributed by atoms with Gasteiger partial charge in [-0.3, -0.25) is 9.48 Å². The summed E-state index contributed by atoms with van der Waals surface area (Å²) in [5, 5.41) is 17.3. The number of hydrogen-bond acceptors (Lipinski definition) is 3. The summed E-state index contributed by atoms with van der Waals surface area (Å²) >= 11 is 0. The van der Waals surface area contributed by atoms with E-state index >= 15 is 0 Å². The Balaban J connectivity index is 2.01. The number of aliphatic carboxylic acids is 1. The van der Waals surface area contributed by atoms with E-state index in [1.807, 2.05) is 6.20 Å². The summed E-state index contributed by atoms with van der Waals surface area (Å²) in [6.45, 7) is 9.83. The number of carboxylic acid groups (broad SMARTS) is 1. The Hall–Kier alpha value is -1.52. The topological polar surface area (TPSA) is 67.2 Å². The lowest BCUT2D eigenvalue weighted by Gasteiger charge is -2.28. The number of nitrogens with zero attached hydrogens (tertiary/aromatic N) is 2. The number of aryl methyl sites for hydroxylation is 1. The monoisotopic (exact) mass is 321 g/mol. The lowest BCUT2D eigenvalue weighted by Crippen LogP contribution is -2.29. The summed E-state index contributed by atoms with van der Waals surface area (Å²) in [6.07, 6.45) is 6.46. The molecule has 0 aliphatic heterocycles. The molecular formula is C18H31N3O2. The fourth-order valence-corrected chi connectivity index (χ4v) is 3.38. The van der Waals surface area contributed by atoms with Gasteiger partial charge in [0, 0.05) is 12.6 Å². The van der Waals surface area contributed by atoms with Crippen molar-refractivity contribution in [2.75, 3.05) is 5.32 Å². The van der Waals surface area contributed by atoms with Crippen molar-refractivity contribution in [1.29, 1.82) is 0 Å². The van der Waals surface area contributed by atoms with Crippen molar-refractivity contribution in [1.82, 2.24) is 9.78 Å². The molecule has 5 heteroatoms. The van der Waals surface area contributed by atoms with Crippen LogP contribution in [-0.4, -0.2) is 26.9 Å². The number of nitrogens with one attached hydrogen (secondary N) is 1. The van der Waals surface area contributed by atoms with Crippen LogP contribution in [0, 0.1) is 11.8 Å². The Labute approximate surface area is 139 Å². The second-order valence-corrected chi connectivity index (χ2v) is 7.53. The fraction of sp³-hybridized carbons (Fsp3) is 0.778. The second kappa shape index (κ2) is 7.84. The molecule has 0 amide bonds. The van der Waals surface area contributed by atoms with E-state index in [0.29, 0.717) is 17.9 Å². The van der Waals surface area contributed by atoms with Gasteiger partial charge < -0.3 is 10.4 Å². The number of anilines is 1. The Morgan fingerprint density at radius 3 is 2.48 bits per heavy atom. The van der Waals surface area contributed by atoms with Crippen LogP contribution in [0.2, 0.25) is 0 Å². The third-order valence-corrected chi connectivity index (χ3v) is 4.78. The van der Waals surface area contributed by atoms with Crippen LogP contribution in [0.4, 0.5) is 5.69 Å². The van der Waals surface area contributed by atoms with Crippen molar-refractivity contribution < 1.29 is 9.90 Å². The SMILES string of the molecule is CC(C)CCn1ncc(NC2CCC(C(=O)O)CC2)c1C(C)C. The predicted molar refractivity (Wildman–Crippen MR) is 92.8 cm³/mol. The minimum Gasteiger partial charge on any atom is -0.481 e. The van der Waals surface area contributed by atoms with Crippen molar-refractivity contribution in [2.24, 2.45) is 11.8 Å². The van der Waals surface area contributed by atoms with E-state index in [-0.39, 0.29) is 5.92 Å². The molecule has 0 atom stereocenters. The largest absolute Gasteiger partial charge is 0.481 e. The Morgan fingerprint density at radius 1 is 1.30 bits per heavy atom. The maximum absolute atomic E-state index is 11.1. The maximum Gasteiger partial charge on any atom is 0.306 e. The first kappa shape index (κ1) is 17.8. The molecule has 0 radical (unpaired) electrons. The standard InChI is InChI=1S/C18H31N3O2/c1-12(2)9-10-21-17(13(3)4)16(11-19-21)20-15-7-5-14(6-8-15)18(22)23/h11-15,20H,5-10H2,1-4H3,(H,22,23). The molecule has 1 aliphatic rings. The van der Waals surface area contributed by atoms with Crippen LogP contribution in [0.1, 0.15) is 71.4 Å². The van der Waals surface area contributed by atoms with Gasteiger partial charge >= 0.3 is 5.97 Å². The van der Waals surface area contributed by atoms with Crippen molar-refractivity contribution in [3.05, 3.63) is 11.9 Å². The van der Waals surface area contributed by atoms with Gasteiger partial charge in [-0.1, -0.05) is 27.7 Å². The van der Waals surface area contributed by atoms with Crippen LogP contribution in [0.15, 0.2) is 6.20 Å². The average Bonchev–Trinajstić information content (AvgIpc) is 2.88. The molecule has 0 unspecified atom stereocenters. The van der Waals surface area contributed by atoms with E-state index in [0.717, 1.165) is 44.3 Å². The van der Waals surface area contributed by atoms with Crippen molar-refractivity contribution >= 4 is 11.7 Å². The molecule has 1 aromatic rings. The molecule has 1 fully saturated rings. The minimum absolute atomic E-state index is 0.161. The zero-order valence-electron chi connectivity index (χ0n) is 14.9. The number of rotatable bonds is 7. The van der Waals surface area contributed by atoms with Crippen LogP contribution in [0.3, 0.4) is 0 Å². The first-order valence-electron chi connectivity index (χ1n) is 8.93. The number of carboxylic acids is 1. The van der Waals surface area contributed by atoms with Gasteiger partial charge in [-0.15, -0.1) is 0 Å². The van der Waals surface area contributed by atoms with Gasteiger partial charge in [0.2, 0.25) is 0 Å². The van der Waals surface area contributed by atoms with E-state index in [9.17, 15) is 4.79 Å². The normalized spacial score (nSPS) is 21.8. The van der Waals surface area contributed by atoms with Gasteiger partial charge in [-0.05, 0) is 43.9 Å². The molecule has 1 saturated carbocycles. The first-order valence-corrected chi connectivity index (χ1v) is 8.93. The molecule has 130 valence electrons. The molecule has 2 N–H and O–H groups in total. The molecule has 0 saturated heterocycles. The highest BCUT2D eigenvalue weighted by Gasteiger charge is 2.27. The predicted octanol–water partition coefficient (Wildman–Crippen LogP) is 4.11. The quantitative estimate of drug-likeness (QED) is 0.793. The van der Waals surface area contributed by atoms with Crippen LogP contribution < -0.4 is 5.32 Å². The second-order valence-electron chi connectivity index (χ2n) is 7.53. The molecule has 0 aromatic carbocycles.